The third-order valence-corrected chi connectivity index (χ3v) is 13.6. The Bertz CT molecular complexity index is 4300. The smallest absolute Gasteiger partial charge is 2.00 e. The molecule has 11 aromatic rings. The first-order valence-electron chi connectivity index (χ1n) is 29.7. The van der Waals surface area contributed by atoms with Crippen LogP contribution in [0.15, 0.2) is 143 Å². The molecule has 30 heteroatoms. The van der Waals surface area contributed by atoms with Gasteiger partial charge in [-0.25, -0.2) is 9.97 Å². The molecule has 0 aliphatic heterocycles. The molecule has 2 aromatic carbocycles. The van der Waals surface area contributed by atoms with Crippen molar-refractivity contribution < 1.29 is 84.2 Å². The van der Waals surface area contributed by atoms with Gasteiger partial charge in [-0.2, -0.15) is 0 Å². The third kappa shape index (κ3) is 30.7. The molecule has 99 heavy (non-hydrogen) atoms. The molecule has 0 unspecified atom stereocenters. The van der Waals surface area contributed by atoms with Crippen molar-refractivity contribution in [3.63, 3.8) is 0 Å². The van der Waals surface area contributed by atoms with Gasteiger partial charge in [0, 0.05) is 80.1 Å². The van der Waals surface area contributed by atoms with E-state index in [1.54, 1.807) is 24.8 Å². The molecular formula is C69H76Br2F12N10O3P2Ru. The first-order valence-corrected chi connectivity index (χ1v) is 35.4. The van der Waals surface area contributed by atoms with Gasteiger partial charge in [0.05, 0.1) is 66.9 Å². The molecular weight excluding hydrogens is 1570 g/mol. The fraction of sp³-hybridized carbons (Fsp3) is 0.319. The van der Waals surface area contributed by atoms with Crippen LogP contribution in [-0.2, 0) is 55.5 Å². The summed E-state index contributed by atoms with van der Waals surface area (Å²) in [6, 6.07) is 28.8. The van der Waals surface area contributed by atoms with E-state index < -0.39 is 15.6 Å². The number of Topliss-reactive ketones (excluding diaryl/α,β-unsaturated/α-hetero) is 3. The van der Waals surface area contributed by atoms with Crippen molar-refractivity contribution >= 4 is 131 Å². The predicted molar refractivity (Wildman–Crippen MR) is 380 cm³/mol. The van der Waals surface area contributed by atoms with Crippen molar-refractivity contribution in [1.29, 1.82) is 0 Å². The van der Waals surface area contributed by atoms with Gasteiger partial charge in [0.25, 0.3) is 0 Å². The molecule has 9 aromatic heterocycles. The molecule has 13 nitrogen and oxygen atoms in total. The summed E-state index contributed by atoms with van der Waals surface area (Å²) >= 11 is 7.12. The Labute approximate surface area is 595 Å². The van der Waals surface area contributed by atoms with Gasteiger partial charge in [0.15, 0.2) is 0 Å². The average molecular weight is 1640 g/mol. The minimum absolute atomic E-state index is 0. The number of fused-ring (bicyclic) bond motifs is 12. The molecule has 0 bridgehead atoms. The number of pyridine rings is 8. The maximum atomic E-state index is 9.87. The minimum Gasteiger partial charge on any atom is 2.00 e. The van der Waals surface area contributed by atoms with E-state index in [0.717, 1.165) is 97.4 Å². The number of ketones is 3. The summed E-state index contributed by atoms with van der Waals surface area (Å²) in [6.45, 7) is 35.7. The second-order valence-corrected chi connectivity index (χ2v) is 32.5. The van der Waals surface area contributed by atoms with E-state index in [0.29, 0.717) is 0 Å². The van der Waals surface area contributed by atoms with Crippen LogP contribution in [0.5, 0.6) is 0 Å². The topological polar surface area (TPSA) is 180 Å². The van der Waals surface area contributed by atoms with Gasteiger partial charge in [-0.05, 0) is 202 Å². The van der Waals surface area contributed by atoms with Crippen LogP contribution in [0, 0.1) is 0 Å². The summed E-state index contributed by atoms with van der Waals surface area (Å²) in [7, 11) is -21.3. The van der Waals surface area contributed by atoms with Gasteiger partial charge in [-0.15, -0.1) is 0 Å². The Morgan fingerprint density at radius 2 is 0.515 bits per heavy atom. The molecule has 0 aliphatic carbocycles. The Kier molecular flexibility index (Phi) is 27.0. The second-order valence-electron chi connectivity index (χ2n) is 26.9. The number of halogens is 14. The van der Waals surface area contributed by atoms with Crippen molar-refractivity contribution in [2.24, 2.45) is 0 Å². The van der Waals surface area contributed by atoms with Crippen LogP contribution in [0.3, 0.4) is 0 Å². The zero-order valence-corrected chi connectivity index (χ0v) is 64.1. The van der Waals surface area contributed by atoms with Crippen LogP contribution in [0.2, 0.25) is 0 Å². The number of hydrogen-bond donors (Lipinski definition) is 0. The van der Waals surface area contributed by atoms with Crippen LogP contribution >= 0.6 is 47.5 Å². The molecule has 0 amide bonds. The number of nitrogens with zero attached hydrogens (tertiary/aromatic N) is 10. The monoisotopic (exact) mass is 1640 g/mol. The van der Waals surface area contributed by atoms with E-state index in [4.69, 9.17) is 9.97 Å². The van der Waals surface area contributed by atoms with Gasteiger partial charge in [0.2, 0.25) is 0 Å². The fourth-order valence-corrected chi connectivity index (χ4v) is 9.18. The number of rotatable bonds is 2. The molecule has 9 heterocycles. The molecule has 0 atom stereocenters. The molecule has 0 fully saturated rings. The molecule has 0 N–H and O–H groups in total. The van der Waals surface area contributed by atoms with E-state index in [2.05, 4.69) is 203 Å². The maximum Gasteiger partial charge on any atom is 2.00 e. The normalized spacial score (nSPS) is 13.0. The molecule has 0 saturated carbocycles. The number of benzene rings is 2. The van der Waals surface area contributed by atoms with Crippen molar-refractivity contribution in [3.05, 3.63) is 166 Å². The summed E-state index contributed by atoms with van der Waals surface area (Å²) in [4.78, 5) is 75.2. The van der Waals surface area contributed by atoms with Crippen molar-refractivity contribution in [2.45, 2.75) is 146 Å². The molecule has 11 rings (SSSR count). The quantitative estimate of drug-likeness (QED) is 0.0525. The van der Waals surface area contributed by atoms with Gasteiger partial charge in [-0.1, -0.05) is 83.1 Å². The Morgan fingerprint density at radius 1 is 0.313 bits per heavy atom. The minimum atomic E-state index is -10.7. The number of hydrogen-bond acceptors (Lipinski definition) is 13. The summed E-state index contributed by atoms with van der Waals surface area (Å²) in [6.07, 6.45) is 14.6. The fourth-order valence-electron chi connectivity index (χ4n) is 8.52. The molecule has 0 aliphatic rings. The van der Waals surface area contributed by atoms with Gasteiger partial charge >= 0.3 is 85.5 Å². The van der Waals surface area contributed by atoms with Gasteiger partial charge in [0.1, 0.15) is 17.3 Å². The summed E-state index contributed by atoms with van der Waals surface area (Å²) in [5.41, 5.74) is 15.8. The van der Waals surface area contributed by atoms with E-state index in [1.807, 2.05) is 61.2 Å². The standard InChI is InChI=1S/C24H10Br2N6.2C18H24N2.3C3H6O.2F6P.Ru/c25-11-7-15-19(29-9-11)20-16(8-12(26)10-30-20)24-23(15)31-21-13-3-1-5-27-17(13)18-14(22(21)32-24)4-2-6-28-18;2*1-17(2,3)13-7-9-19-15(11-13)16-12-14(8-10-20-16)18(4,5)6;3*1-3(2)4;2*1-7(2,3,4,5)6;/h1-10H;2*7-12H,1-6H3;3*1-2H3;;;/q;;;;;;2*-1;+2. The molecule has 0 saturated heterocycles. The third-order valence-electron chi connectivity index (χ3n) is 12.7. The van der Waals surface area contributed by atoms with Crippen LogP contribution in [-0.4, -0.2) is 67.2 Å². The summed E-state index contributed by atoms with van der Waals surface area (Å²) in [5, 5.41) is 3.64. The van der Waals surface area contributed by atoms with E-state index in [9.17, 15) is 64.7 Å². The van der Waals surface area contributed by atoms with Gasteiger partial charge in [-0.3, -0.25) is 39.9 Å². The number of carbonyl (C=O) groups excluding carboxylic acids is 3. The van der Waals surface area contributed by atoms with Crippen molar-refractivity contribution in [2.75, 3.05) is 0 Å². The first-order chi connectivity index (χ1) is 44.1. The Balaban J connectivity index is 0.000000334. The van der Waals surface area contributed by atoms with Crippen LogP contribution in [0.4, 0.5) is 50.4 Å². The van der Waals surface area contributed by atoms with Gasteiger partial charge < -0.3 is 14.4 Å². The first kappa shape index (κ1) is 86.1. The van der Waals surface area contributed by atoms with E-state index in [-0.39, 0.29) is 58.5 Å². The number of aromatic nitrogens is 10. The molecule has 0 radical (unpaired) electrons. The second kappa shape index (κ2) is 31.0. The van der Waals surface area contributed by atoms with Crippen LogP contribution < -0.4 is 0 Å². The van der Waals surface area contributed by atoms with Crippen molar-refractivity contribution in [1.82, 2.24) is 49.8 Å². The summed E-state index contributed by atoms with van der Waals surface area (Å²) in [5.74, 6) is 0.500. The summed E-state index contributed by atoms with van der Waals surface area (Å²) < 4.78 is 120. The van der Waals surface area contributed by atoms with Crippen LogP contribution in [0.1, 0.15) is 147 Å². The Morgan fingerprint density at radius 3 is 0.727 bits per heavy atom. The van der Waals surface area contributed by atoms with Crippen LogP contribution in [0.25, 0.3) is 88.5 Å². The average Bonchev–Trinajstić information content (AvgIpc) is 0.716. The largest absolute Gasteiger partial charge is 2.00 e. The number of carbonyl (C=O) groups is 3. The van der Waals surface area contributed by atoms with Crippen molar-refractivity contribution in [3.8, 4) is 22.8 Å². The SMILES string of the molecule is Brc1cnc2c(c1)c1nc3c4cccnc4c4ncccc4c3nc1c1cc(Br)cnc12.CC(C)(C)c1ccnc(-c2cc(C(C)(C)C)ccn2)c1.CC(C)(C)c1ccnc(-c2cc(C(C)(C)C)ccn2)c1.CC(C)=O.CC(C)=O.CC(C)=O.F[P-](F)(F)(F)(F)F.F[P-](F)(F)(F)(F)F.[Ru+2]. The molecule has 0 spiro atoms. The zero-order valence-electron chi connectivity index (χ0n) is 57.4. The maximum absolute atomic E-state index is 10.7. The molecule has 536 valence electrons. The zero-order chi connectivity index (χ0) is 74.9. The Hall–Kier alpha value is -7.11. The van der Waals surface area contributed by atoms with E-state index >= 15 is 0 Å². The van der Waals surface area contributed by atoms with E-state index in [1.165, 1.54) is 63.8 Å². The predicted octanol–water partition coefficient (Wildman–Crippen LogP) is 24.5.